The monoisotopic (exact) mass is 440 g/mol. The van der Waals surface area contributed by atoms with Gasteiger partial charge in [-0.15, -0.1) is 10.2 Å². The highest BCUT2D eigenvalue weighted by atomic mass is 32.1. The summed E-state index contributed by atoms with van der Waals surface area (Å²) < 4.78 is 10.4. The van der Waals surface area contributed by atoms with Crippen molar-refractivity contribution in [2.45, 2.75) is 6.42 Å². The fourth-order valence-corrected chi connectivity index (χ4v) is 3.66. The van der Waals surface area contributed by atoms with E-state index in [1.807, 2.05) is 30.3 Å². The summed E-state index contributed by atoms with van der Waals surface area (Å²) in [6, 6.07) is 16.6. The first-order valence-electron chi connectivity index (χ1n) is 9.72. The molecule has 31 heavy (non-hydrogen) atoms. The van der Waals surface area contributed by atoms with Crippen LogP contribution in [0.4, 0.5) is 5.13 Å². The molecule has 0 saturated carbocycles. The standard InChI is InChI=1S/C22H24N4O4S/c1-29-15-14-26(21(28)17-10-6-7-11-18(17)30-2)13-12-19(27)23-22-25-24-20(31-22)16-8-4-3-5-9-16/h3-11H,12-15H2,1-2H3,(H,23,25,27). The second-order valence-electron chi connectivity index (χ2n) is 6.56. The first-order chi connectivity index (χ1) is 15.1. The number of nitrogens with zero attached hydrogens (tertiary/aromatic N) is 3. The van der Waals surface area contributed by atoms with Gasteiger partial charge >= 0.3 is 0 Å². The molecular formula is C22H24N4O4S. The molecular weight excluding hydrogens is 416 g/mol. The summed E-state index contributed by atoms with van der Waals surface area (Å²) >= 11 is 1.30. The predicted octanol–water partition coefficient (Wildman–Crippen LogP) is 3.33. The molecule has 0 bridgehead atoms. The zero-order valence-electron chi connectivity index (χ0n) is 17.4. The number of carbonyl (C=O) groups is 2. The zero-order chi connectivity index (χ0) is 22.1. The molecule has 8 nitrogen and oxygen atoms in total. The molecule has 0 saturated heterocycles. The fourth-order valence-electron chi connectivity index (χ4n) is 2.90. The Morgan fingerprint density at radius 2 is 1.74 bits per heavy atom. The van der Waals surface area contributed by atoms with Crippen LogP contribution < -0.4 is 10.1 Å². The number of para-hydroxylation sites is 1. The van der Waals surface area contributed by atoms with Crippen molar-refractivity contribution in [2.75, 3.05) is 39.2 Å². The lowest BCUT2D eigenvalue weighted by Crippen LogP contribution is -2.36. The van der Waals surface area contributed by atoms with E-state index in [0.29, 0.717) is 29.6 Å². The molecule has 0 atom stereocenters. The van der Waals surface area contributed by atoms with E-state index in [1.165, 1.54) is 18.4 Å². The molecule has 1 aromatic heterocycles. The maximum atomic E-state index is 13.0. The summed E-state index contributed by atoms with van der Waals surface area (Å²) in [4.78, 5) is 27.0. The number of rotatable bonds is 10. The van der Waals surface area contributed by atoms with Crippen LogP contribution in [0.25, 0.3) is 10.6 Å². The van der Waals surface area contributed by atoms with Crippen molar-refractivity contribution < 1.29 is 19.1 Å². The predicted molar refractivity (Wildman–Crippen MR) is 119 cm³/mol. The summed E-state index contributed by atoms with van der Waals surface area (Å²) in [5.41, 5.74) is 1.38. The average molecular weight is 441 g/mol. The van der Waals surface area contributed by atoms with Gasteiger partial charge in [-0.25, -0.2) is 0 Å². The summed E-state index contributed by atoms with van der Waals surface area (Å²) in [5.74, 6) is 0.0252. The van der Waals surface area contributed by atoms with Crippen LogP contribution in [0.3, 0.4) is 0 Å². The molecule has 3 aromatic rings. The van der Waals surface area contributed by atoms with Crippen molar-refractivity contribution >= 4 is 28.3 Å². The molecule has 0 aliphatic rings. The Morgan fingerprint density at radius 3 is 2.48 bits per heavy atom. The van der Waals surface area contributed by atoms with Crippen molar-refractivity contribution in [1.29, 1.82) is 0 Å². The SMILES string of the molecule is COCCN(CCC(=O)Nc1nnc(-c2ccccc2)s1)C(=O)c1ccccc1OC. The highest BCUT2D eigenvalue weighted by molar-refractivity contribution is 7.18. The van der Waals surface area contributed by atoms with Crippen LogP contribution in [-0.4, -0.2) is 60.8 Å². The summed E-state index contributed by atoms with van der Waals surface area (Å²) in [7, 11) is 3.09. The van der Waals surface area contributed by atoms with Gasteiger partial charge in [0.1, 0.15) is 10.8 Å². The van der Waals surface area contributed by atoms with E-state index in [-0.39, 0.29) is 24.8 Å². The van der Waals surface area contributed by atoms with Gasteiger partial charge in [0.05, 0.1) is 19.3 Å². The second-order valence-corrected chi connectivity index (χ2v) is 7.54. The molecule has 0 unspecified atom stereocenters. The highest BCUT2D eigenvalue weighted by Gasteiger charge is 2.20. The number of anilines is 1. The Morgan fingerprint density at radius 1 is 1.00 bits per heavy atom. The van der Waals surface area contributed by atoms with Crippen LogP contribution in [0, 0.1) is 0 Å². The van der Waals surface area contributed by atoms with Crippen molar-refractivity contribution in [3.05, 3.63) is 60.2 Å². The third kappa shape index (κ3) is 6.09. The van der Waals surface area contributed by atoms with Gasteiger partial charge in [-0.2, -0.15) is 0 Å². The van der Waals surface area contributed by atoms with Gasteiger partial charge in [0, 0.05) is 32.2 Å². The number of hydrogen-bond donors (Lipinski definition) is 1. The summed E-state index contributed by atoms with van der Waals surface area (Å²) in [6.07, 6.45) is 0.116. The number of benzene rings is 2. The lowest BCUT2D eigenvalue weighted by atomic mass is 10.1. The number of ether oxygens (including phenoxy) is 2. The first kappa shape index (κ1) is 22.4. The molecule has 0 spiro atoms. The summed E-state index contributed by atoms with van der Waals surface area (Å²) in [5, 5.41) is 12.1. The van der Waals surface area contributed by atoms with Gasteiger partial charge < -0.3 is 19.7 Å². The summed E-state index contributed by atoms with van der Waals surface area (Å²) in [6.45, 7) is 0.952. The van der Waals surface area contributed by atoms with Crippen molar-refractivity contribution in [3.63, 3.8) is 0 Å². The van der Waals surface area contributed by atoms with E-state index in [0.717, 1.165) is 10.6 Å². The number of hydrogen-bond acceptors (Lipinski definition) is 7. The minimum atomic E-state index is -0.244. The van der Waals surface area contributed by atoms with Crippen molar-refractivity contribution in [3.8, 4) is 16.3 Å². The molecule has 9 heteroatoms. The second kappa shape index (κ2) is 11.2. The molecule has 0 aliphatic carbocycles. The Labute approximate surface area is 184 Å². The number of nitrogens with one attached hydrogen (secondary N) is 1. The average Bonchev–Trinajstić information content (AvgIpc) is 3.27. The number of aromatic nitrogens is 2. The first-order valence-corrected chi connectivity index (χ1v) is 10.5. The van der Waals surface area contributed by atoms with Gasteiger partial charge in [-0.05, 0) is 12.1 Å². The maximum Gasteiger partial charge on any atom is 0.257 e. The third-order valence-corrected chi connectivity index (χ3v) is 5.38. The number of carbonyl (C=O) groups excluding carboxylic acids is 2. The minimum Gasteiger partial charge on any atom is -0.496 e. The van der Waals surface area contributed by atoms with E-state index in [1.54, 1.807) is 36.3 Å². The van der Waals surface area contributed by atoms with Crippen LogP contribution in [0.1, 0.15) is 16.8 Å². The quantitative estimate of drug-likeness (QED) is 0.520. The largest absolute Gasteiger partial charge is 0.496 e. The molecule has 2 aromatic carbocycles. The molecule has 3 rings (SSSR count). The molecule has 1 heterocycles. The topological polar surface area (TPSA) is 93.6 Å². The zero-order valence-corrected chi connectivity index (χ0v) is 18.2. The van der Waals surface area contributed by atoms with Gasteiger partial charge in [0.2, 0.25) is 11.0 Å². The normalized spacial score (nSPS) is 10.5. The molecule has 2 amide bonds. The minimum absolute atomic E-state index is 0.116. The maximum absolute atomic E-state index is 13.0. The molecule has 1 N–H and O–H groups in total. The lowest BCUT2D eigenvalue weighted by Gasteiger charge is -2.23. The van der Waals surface area contributed by atoms with Gasteiger partial charge in [0.25, 0.3) is 5.91 Å². The van der Waals surface area contributed by atoms with Gasteiger partial charge in [-0.1, -0.05) is 53.8 Å². The van der Waals surface area contributed by atoms with E-state index in [2.05, 4.69) is 15.5 Å². The Balaban J connectivity index is 1.61. The number of methoxy groups -OCH3 is 2. The molecule has 0 radical (unpaired) electrons. The van der Waals surface area contributed by atoms with Gasteiger partial charge in [-0.3, -0.25) is 9.59 Å². The van der Waals surface area contributed by atoms with Gasteiger partial charge in [0.15, 0.2) is 0 Å². The molecule has 0 fully saturated rings. The van der Waals surface area contributed by atoms with Crippen LogP contribution in [-0.2, 0) is 9.53 Å². The molecule has 162 valence electrons. The third-order valence-electron chi connectivity index (χ3n) is 4.49. The van der Waals surface area contributed by atoms with E-state index in [9.17, 15) is 9.59 Å². The lowest BCUT2D eigenvalue weighted by molar-refractivity contribution is -0.116. The molecule has 0 aliphatic heterocycles. The van der Waals surface area contributed by atoms with E-state index in [4.69, 9.17) is 9.47 Å². The Bertz CT molecular complexity index is 1010. The van der Waals surface area contributed by atoms with Crippen LogP contribution >= 0.6 is 11.3 Å². The van der Waals surface area contributed by atoms with Crippen LogP contribution in [0.2, 0.25) is 0 Å². The smallest absolute Gasteiger partial charge is 0.257 e. The fraction of sp³-hybridized carbons (Fsp3) is 0.273. The van der Waals surface area contributed by atoms with Crippen LogP contribution in [0.15, 0.2) is 54.6 Å². The van der Waals surface area contributed by atoms with Crippen molar-refractivity contribution in [1.82, 2.24) is 15.1 Å². The van der Waals surface area contributed by atoms with E-state index >= 15 is 0 Å². The highest BCUT2D eigenvalue weighted by Crippen LogP contribution is 2.26. The van der Waals surface area contributed by atoms with Crippen LogP contribution in [0.5, 0.6) is 5.75 Å². The Kier molecular flexibility index (Phi) is 8.08. The van der Waals surface area contributed by atoms with Crippen molar-refractivity contribution in [2.24, 2.45) is 0 Å². The number of amides is 2. The van der Waals surface area contributed by atoms with E-state index < -0.39 is 0 Å². The Hall–Kier alpha value is -3.30.